The summed E-state index contributed by atoms with van der Waals surface area (Å²) in [6, 6.07) is 5.59. The summed E-state index contributed by atoms with van der Waals surface area (Å²) in [5, 5.41) is 5.06. The number of hydrogen-bond donors (Lipinski definition) is 2. The molecule has 1 aromatic carbocycles. The monoisotopic (exact) mass is 248 g/mol. The van der Waals surface area contributed by atoms with Gasteiger partial charge in [0.25, 0.3) is 0 Å². The smallest absolute Gasteiger partial charge is 0.319 e. The van der Waals surface area contributed by atoms with E-state index >= 15 is 0 Å². The van der Waals surface area contributed by atoms with E-state index in [4.69, 9.17) is 0 Å². The van der Waals surface area contributed by atoms with Gasteiger partial charge in [-0.15, -0.1) is 0 Å². The highest BCUT2D eigenvalue weighted by Crippen LogP contribution is 2.10. The van der Waals surface area contributed by atoms with Crippen LogP contribution in [0.3, 0.4) is 0 Å². The fourth-order valence-electron chi connectivity index (χ4n) is 1.28. The molecular weight excluding hydrogens is 232 g/mol. The molecule has 5 nitrogen and oxygen atoms in total. The standard InChI is InChI=1S/C13H16N2O3/c1-8(9(2)16)14-13(18)15-12-6-4-5-11(7-12)10(3)17/h4-8H,1-3H3,(H2,14,15,18). The molecule has 96 valence electrons. The van der Waals surface area contributed by atoms with Crippen LogP contribution < -0.4 is 10.6 Å². The van der Waals surface area contributed by atoms with Gasteiger partial charge >= 0.3 is 6.03 Å². The highest BCUT2D eigenvalue weighted by Gasteiger charge is 2.11. The molecule has 2 amide bonds. The van der Waals surface area contributed by atoms with Crippen LogP contribution in [0.5, 0.6) is 0 Å². The van der Waals surface area contributed by atoms with E-state index in [1.807, 2.05) is 0 Å². The Balaban J connectivity index is 2.67. The highest BCUT2D eigenvalue weighted by molar-refractivity contribution is 5.97. The van der Waals surface area contributed by atoms with Crippen LogP contribution in [0.25, 0.3) is 0 Å². The Hall–Kier alpha value is -2.17. The van der Waals surface area contributed by atoms with E-state index in [0.717, 1.165) is 0 Å². The van der Waals surface area contributed by atoms with Gasteiger partial charge in [0.1, 0.15) is 0 Å². The number of carbonyl (C=O) groups is 3. The number of amides is 2. The van der Waals surface area contributed by atoms with E-state index in [9.17, 15) is 14.4 Å². The second kappa shape index (κ2) is 5.95. The van der Waals surface area contributed by atoms with Crippen molar-refractivity contribution in [3.05, 3.63) is 29.8 Å². The van der Waals surface area contributed by atoms with Gasteiger partial charge in [-0.05, 0) is 32.9 Å². The first-order valence-corrected chi connectivity index (χ1v) is 5.59. The van der Waals surface area contributed by atoms with Gasteiger partial charge in [0.15, 0.2) is 11.6 Å². The third kappa shape index (κ3) is 4.01. The number of urea groups is 1. The summed E-state index contributed by atoms with van der Waals surface area (Å²) < 4.78 is 0. The molecule has 1 rings (SSSR count). The zero-order valence-corrected chi connectivity index (χ0v) is 10.6. The van der Waals surface area contributed by atoms with E-state index < -0.39 is 12.1 Å². The zero-order chi connectivity index (χ0) is 13.7. The van der Waals surface area contributed by atoms with Gasteiger partial charge in [-0.25, -0.2) is 4.79 Å². The Bertz CT molecular complexity index is 483. The lowest BCUT2D eigenvalue weighted by Gasteiger charge is -2.12. The summed E-state index contributed by atoms with van der Waals surface area (Å²) in [5.41, 5.74) is 1.03. The minimum Gasteiger partial charge on any atom is -0.328 e. The molecule has 0 saturated carbocycles. The minimum atomic E-state index is -0.541. The van der Waals surface area contributed by atoms with Crippen LogP contribution >= 0.6 is 0 Å². The van der Waals surface area contributed by atoms with Gasteiger partial charge in [-0.1, -0.05) is 12.1 Å². The van der Waals surface area contributed by atoms with Gasteiger partial charge in [-0.3, -0.25) is 9.59 Å². The maximum Gasteiger partial charge on any atom is 0.319 e. The predicted octanol–water partition coefficient (Wildman–Crippen LogP) is 1.99. The average molecular weight is 248 g/mol. The highest BCUT2D eigenvalue weighted by atomic mass is 16.2. The summed E-state index contributed by atoms with van der Waals surface area (Å²) in [7, 11) is 0. The van der Waals surface area contributed by atoms with Gasteiger partial charge in [0, 0.05) is 11.3 Å². The Kier molecular flexibility index (Phi) is 4.59. The number of hydrogen-bond acceptors (Lipinski definition) is 3. The van der Waals surface area contributed by atoms with Crippen molar-refractivity contribution < 1.29 is 14.4 Å². The van der Waals surface area contributed by atoms with Crippen LogP contribution in [0.2, 0.25) is 0 Å². The van der Waals surface area contributed by atoms with Crippen molar-refractivity contribution >= 4 is 23.3 Å². The summed E-state index contributed by atoms with van der Waals surface area (Å²) in [6.45, 7) is 4.46. The fourth-order valence-corrected chi connectivity index (χ4v) is 1.28. The molecule has 0 bridgehead atoms. The van der Waals surface area contributed by atoms with Crippen LogP contribution in [-0.4, -0.2) is 23.6 Å². The molecule has 0 aliphatic carbocycles. The molecule has 0 aliphatic rings. The fraction of sp³-hybridized carbons (Fsp3) is 0.308. The van der Waals surface area contributed by atoms with Crippen molar-refractivity contribution in [3.63, 3.8) is 0 Å². The number of nitrogens with one attached hydrogen (secondary N) is 2. The average Bonchev–Trinajstić information content (AvgIpc) is 2.28. The summed E-state index contributed by atoms with van der Waals surface area (Å²) in [5.74, 6) is -0.196. The Morgan fingerprint density at radius 1 is 1.17 bits per heavy atom. The summed E-state index contributed by atoms with van der Waals surface area (Å²) in [6.07, 6.45) is 0. The SMILES string of the molecule is CC(=O)c1cccc(NC(=O)NC(C)C(C)=O)c1. The molecule has 0 spiro atoms. The first-order valence-electron chi connectivity index (χ1n) is 5.59. The van der Waals surface area contributed by atoms with Crippen LogP contribution in [0.4, 0.5) is 10.5 Å². The maximum atomic E-state index is 11.5. The molecule has 0 heterocycles. The van der Waals surface area contributed by atoms with Crippen molar-refractivity contribution in [1.82, 2.24) is 5.32 Å². The Morgan fingerprint density at radius 3 is 2.39 bits per heavy atom. The zero-order valence-electron chi connectivity index (χ0n) is 10.6. The van der Waals surface area contributed by atoms with E-state index in [0.29, 0.717) is 11.3 Å². The van der Waals surface area contributed by atoms with Gasteiger partial charge in [-0.2, -0.15) is 0 Å². The van der Waals surface area contributed by atoms with Crippen LogP contribution in [0.15, 0.2) is 24.3 Å². The van der Waals surface area contributed by atoms with E-state index in [-0.39, 0.29) is 11.6 Å². The molecule has 1 unspecified atom stereocenters. The van der Waals surface area contributed by atoms with Crippen molar-refractivity contribution in [2.45, 2.75) is 26.8 Å². The van der Waals surface area contributed by atoms with Crippen molar-refractivity contribution in [1.29, 1.82) is 0 Å². The maximum absolute atomic E-state index is 11.5. The largest absolute Gasteiger partial charge is 0.328 e. The van der Waals surface area contributed by atoms with Crippen LogP contribution in [0.1, 0.15) is 31.1 Å². The van der Waals surface area contributed by atoms with E-state index in [1.165, 1.54) is 13.8 Å². The molecule has 0 saturated heterocycles. The normalized spacial score (nSPS) is 11.5. The molecule has 0 fully saturated rings. The first-order chi connectivity index (χ1) is 8.40. The molecule has 5 heteroatoms. The number of benzene rings is 1. The van der Waals surface area contributed by atoms with Crippen molar-refractivity contribution in [2.24, 2.45) is 0 Å². The van der Waals surface area contributed by atoms with Crippen molar-refractivity contribution in [2.75, 3.05) is 5.32 Å². The van der Waals surface area contributed by atoms with Crippen LogP contribution in [0, 0.1) is 0 Å². The lowest BCUT2D eigenvalue weighted by Crippen LogP contribution is -2.40. The number of Topliss-reactive ketones (excluding diaryl/α,β-unsaturated/α-hetero) is 2. The molecule has 18 heavy (non-hydrogen) atoms. The molecule has 1 atom stereocenters. The third-order valence-corrected chi connectivity index (χ3v) is 2.48. The Morgan fingerprint density at radius 2 is 1.83 bits per heavy atom. The number of ketones is 2. The summed E-state index contributed by atoms with van der Waals surface area (Å²) >= 11 is 0. The molecular formula is C13H16N2O3. The predicted molar refractivity (Wildman–Crippen MR) is 68.7 cm³/mol. The molecule has 0 aromatic heterocycles. The molecule has 0 aliphatic heterocycles. The van der Waals surface area contributed by atoms with Crippen LogP contribution in [-0.2, 0) is 4.79 Å². The number of rotatable bonds is 4. The number of anilines is 1. The van der Waals surface area contributed by atoms with Gasteiger partial charge in [0.2, 0.25) is 0 Å². The third-order valence-electron chi connectivity index (χ3n) is 2.48. The second-order valence-corrected chi connectivity index (χ2v) is 4.07. The first kappa shape index (κ1) is 13.9. The molecule has 2 N–H and O–H groups in total. The lowest BCUT2D eigenvalue weighted by atomic mass is 10.1. The Labute approximate surface area is 106 Å². The minimum absolute atomic E-state index is 0.0730. The van der Waals surface area contributed by atoms with E-state index in [2.05, 4.69) is 10.6 Å². The second-order valence-electron chi connectivity index (χ2n) is 4.07. The summed E-state index contributed by atoms with van der Waals surface area (Å²) in [4.78, 5) is 33.7. The van der Waals surface area contributed by atoms with Gasteiger partial charge in [0.05, 0.1) is 6.04 Å². The van der Waals surface area contributed by atoms with E-state index in [1.54, 1.807) is 31.2 Å². The quantitative estimate of drug-likeness (QED) is 0.800. The number of carbonyl (C=O) groups excluding carboxylic acids is 3. The van der Waals surface area contributed by atoms with Crippen molar-refractivity contribution in [3.8, 4) is 0 Å². The van der Waals surface area contributed by atoms with Gasteiger partial charge < -0.3 is 10.6 Å². The molecule has 0 radical (unpaired) electrons. The molecule has 1 aromatic rings. The lowest BCUT2D eigenvalue weighted by molar-refractivity contribution is -0.118. The topological polar surface area (TPSA) is 75.3 Å².